The van der Waals surface area contributed by atoms with Crippen LogP contribution in [-0.2, 0) is 0 Å². The van der Waals surface area contributed by atoms with Crippen molar-refractivity contribution < 1.29 is 14.6 Å². The Morgan fingerprint density at radius 2 is 2.33 bits per heavy atom. The van der Waals surface area contributed by atoms with Crippen molar-refractivity contribution in [2.24, 2.45) is 5.92 Å². The molecule has 5 nitrogen and oxygen atoms in total. The first kappa shape index (κ1) is 15.6. The lowest BCUT2D eigenvalue weighted by atomic mass is 9.94. The number of nitrogen functional groups attached to an aromatic ring is 1. The lowest BCUT2D eigenvalue weighted by Gasteiger charge is -2.32. The van der Waals surface area contributed by atoms with E-state index in [1.165, 1.54) is 0 Å². The number of nitrogens with zero attached hydrogens (tertiary/aromatic N) is 1. The number of aliphatic hydroxyl groups excluding tert-OH is 1. The van der Waals surface area contributed by atoms with Gasteiger partial charge in [-0.25, -0.2) is 0 Å². The monoisotopic (exact) mass is 292 g/mol. The zero-order chi connectivity index (χ0) is 15.2. The number of hydrogen-bond donors (Lipinski definition) is 2. The molecule has 1 saturated heterocycles. The van der Waals surface area contributed by atoms with Crippen molar-refractivity contribution in [2.75, 3.05) is 32.0 Å². The van der Waals surface area contributed by atoms with Gasteiger partial charge in [-0.3, -0.25) is 4.79 Å². The predicted octanol–water partition coefficient (Wildman–Crippen LogP) is 1.90. The predicted molar refractivity (Wildman–Crippen MR) is 82.4 cm³/mol. The highest BCUT2D eigenvalue weighted by Gasteiger charge is 2.24. The molecule has 0 aliphatic carbocycles. The van der Waals surface area contributed by atoms with Gasteiger partial charge in [-0.2, -0.15) is 0 Å². The van der Waals surface area contributed by atoms with Crippen LogP contribution in [0.2, 0.25) is 0 Å². The van der Waals surface area contributed by atoms with Gasteiger partial charge in [-0.05, 0) is 50.3 Å². The van der Waals surface area contributed by atoms with Crippen LogP contribution in [0.5, 0.6) is 5.75 Å². The molecule has 0 spiro atoms. The van der Waals surface area contributed by atoms with E-state index in [-0.39, 0.29) is 12.5 Å². The average Bonchev–Trinajstić information content (AvgIpc) is 2.49. The summed E-state index contributed by atoms with van der Waals surface area (Å²) in [6.45, 7) is 4.11. The molecule has 1 unspecified atom stereocenters. The molecule has 0 saturated carbocycles. The Balaban J connectivity index is 2.07. The van der Waals surface area contributed by atoms with Gasteiger partial charge >= 0.3 is 0 Å². The molecule has 0 bridgehead atoms. The van der Waals surface area contributed by atoms with E-state index in [0.717, 1.165) is 25.8 Å². The minimum absolute atomic E-state index is 0.00684. The summed E-state index contributed by atoms with van der Waals surface area (Å²) >= 11 is 0. The fourth-order valence-electron chi connectivity index (χ4n) is 2.82. The maximum Gasteiger partial charge on any atom is 0.253 e. The number of anilines is 1. The second-order valence-corrected chi connectivity index (χ2v) is 5.46. The number of carbonyl (C=O) groups excluding carboxylic acids is 1. The summed E-state index contributed by atoms with van der Waals surface area (Å²) in [4.78, 5) is 14.4. The number of likely N-dealkylation sites (tertiary alicyclic amines) is 1. The summed E-state index contributed by atoms with van der Waals surface area (Å²) in [5.41, 5.74) is 7.01. The first-order valence-corrected chi connectivity index (χ1v) is 7.58. The molecule has 1 aliphatic heterocycles. The van der Waals surface area contributed by atoms with Gasteiger partial charge in [0.15, 0.2) is 0 Å². The van der Waals surface area contributed by atoms with Crippen LogP contribution in [-0.4, -0.2) is 42.2 Å². The molecule has 1 fully saturated rings. The van der Waals surface area contributed by atoms with Crippen LogP contribution >= 0.6 is 0 Å². The van der Waals surface area contributed by atoms with E-state index in [1.807, 2.05) is 11.8 Å². The molecule has 5 heteroatoms. The van der Waals surface area contributed by atoms with Crippen molar-refractivity contribution >= 4 is 11.6 Å². The van der Waals surface area contributed by atoms with Crippen LogP contribution in [0.4, 0.5) is 5.69 Å². The number of aliphatic hydroxyl groups is 1. The third-order valence-electron chi connectivity index (χ3n) is 3.90. The minimum Gasteiger partial charge on any atom is -0.492 e. The maximum atomic E-state index is 12.5. The van der Waals surface area contributed by atoms with E-state index in [2.05, 4.69) is 0 Å². The fourth-order valence-corrected chi connectivity index (χ4v) is 2.82. The highest BCUT2D eigenvalue weighted by molar-refractivity contribution is 5.95. The van der Waals surface area contributed by atoms with Crippen molar-refractivity contribution in [3.05, 3.63) is 23.8 Å². The smallest absolute Gasteiger partial charge is 0.253 e. The second-order valence-electron chi connectivity index (χ2n) is 5.46. The molecule has 1 amide bonds. The molecule has 1 aromatic carbocycles. The van der Waals surface area contributed by atoms with Crippen molar-refractivity contribution in [1.82, 2.24) is 4.90 Å². The van der Waals surface area contributed by atoms with Gasteiger partial charge in [0.25, 0.3) is 5.91 Å². The van der Waals surface area contributed by atoms with Crippen molar-refractivity contribution in [3.8, 4) is 5.75 Å². The second kappa shape index (κ2) is 7.31. The summed E-state index contributed by atoms with van der Waals surface area (Å²) in [5, 5.41) is 9.04. The van der Waals surface area contributed by atoms with Crippen LogP contribution < -0.4 is 10.5 Å². The molecule has 2 rings (SSSR count). The highest BCUT2D eigenvalue weighted by atomic mass is 16.5. The first-order chi connectivity index (χ1) is 10.2. The van der Waals surface area contributed by atoms with E-state index in [1.54, 1.807) is 18.2 Å². The fraction of sp³-hybridized carbons (Fsp3) is 0.562. The Morgan fingerprint density at radius 3 is 3.00 bits per heavy atom. The van der Waals surface area contributed by atoms with Crippen LogP contribution in [0.25, 0.3) is 0 Å². The zero-order valence-electron chi connectivity index (χ0n) is 12.5. The molecule has 1 atom stereocenters. The van der Waals surface area contributed by atoms with Gasteiger partial charge in [-0.15, -0.1) is 0 Å². The number of amides is 1. The Bertz CT molecular complexity index is 488. The zero-order valence-corrected chi connectivity index (χ0v) is 12.5. The molecular weight excluding hydrogens is 268 g/mol. The average molecular weight is 292 g/mol. The summed E-state index contributed by atoms with van der Waals surface area (Å²) in [7, 11) is 0. The molecule has 1 aromatic rings. The molecule has 116 valence electrons. The van der Waals surface area contributed by atoms with E-state index in [9.17, 15) is 4.79 Å². The van der Waals surface area contributed by atoms with Crippen LogP contribution in [0.1, 0.15) is 36.5 Å². The van der Waals surface area contributed by atoms with Crippen molar-refractivity contribution in [1.29, 1.82) is 0 Å². The van der Waals surface area contributed by atoms with E-state index < -0.39 is 0 Å². The minimum atomic E-state index is 0.00684. The van der Waals surface area contributed by atoms with Gasteiger partial charge in [0, 0.05) is 25.3 Å². The number of benzene rings is 1. The van der Waals surface area contributed by atoms with Gasteiger partial charge < -0.3 is 20.5 Å². The molecule has 3 N–H and O–H groups in total. The Hall–Kier alpha value is -1.75. The summed E-state index contributed by atoms with van der Waals surface area (Å²) in [6, 6.07) is 5.20. The Morgan fingerprint density at radius 1 is 1.52 bits per heavy atom. The maximum absolute atomic E-state index is 12.5. The van der Waals surface area contributed by atoms with Gasteiger partial charge in [-0.1, -0.05) is 0 Å². The van der Waals surface area contributed by atoms with E-state index in [4.69, 9.17) is 15.6 Å². The molecule has 1 aliphatic rings. The Kier molecular flexibility index (Phi) is 5.44. The SMILES string of the molecule is CCOc1ccc(C(=O)N2CCCC(CCO)C2)cc1N. The largest absolute Gasteiger partial charge is 0.492 e. The summed E-state index contributed by atoms with van der Waals surface area (Å²) in [6.07, 6.45) is 2.83. The van der Waals surface area contributed by atoms with E-state index >= 15 is 0 Å². The number of piperidine rings is 1. The van der Waals surface area contributed by atoms with Crippen LogP contribution in [0, 0.1) is 5.92 Å². The number of carbonyl (C=O) groups is 1. The molecule has 0 radical (unpaired) electrons. The molecule has 1 heterocycles. The van der Waals surface area contributed by atoms with Gasteiger partial charge in [0.05, 0.1) is 12.3 Å². The van der Waals surface area contributed by atoms with E-state index in [0.29, 0.717) is 36.1 Å². The third kappa shape index (κ3) is 3.88. The number of nitrogens with two attached hydrogens (primary N) is 1. The molecular formula is C16H24N2O3. The van der Waals surface area contributed by atoms with Crippen LogP contribution in [0.3, 0.4) is 0 Å². The molecule has 0 aromatic heterocycles. The number of hydrogen-bond acceptors (Lipinski definition) is 4. The lowest BCUT2D eigenvalue weighted by Crippen LogP contribution is -2.40. The highest BCUT2D eigenvalue weighted by Crippen LogP contribution is 2.25. The summed E-state index contributed by atoms with van der Waals surface area (Å²) in [5.74, 6) is 1.02. The van der Waals surface area contributed by atoms with Gasteiger partial charge in [0.2, 0.25) is 0 Å². The van der Waals surface area contributed by atoms with Crippen LogP contribution in [0.15, 0.2) is 18.2 Å². The van der Waals surface area contributed by atoms with Crippen molar-refractivity contribution in [3.63, 3.8) is 0 Å². The quantitative estimate of drug-likeness (QED) is 0.813. The van der Waals surface area contributed by atoms with Crippen molar-refractivity contribution in [2.45, 2.75) is 26.2 Å². The lowest BCUT2D eigenvalue weighted by molar-refractivity contribution is 0.0653. The third-order valence-corrected chi connectivity index (χ3v) is 3.90. The number of rotatable bonds is 5. The first-order valence-electron chi connectivity index (χ1n) is 7.58. The Labute approximate surface area is 125 Å². The molecule has 21 heavy (non-hydrogen) atoms. The number of ether oxygens (including phenoxy) is 1. The normalized spacial score (nSPS) is 18.6. The topological polar surface area (TPSA) is 75.8 Å². The summed E-state index contributed by atoms with van der Waals surface area (Å²) < 4.78 is 5.39. The van der Waals surface area contributed by atoms with Gasteiger partial charge in [0.1, 0.15) is 5.75 Å². The standard InChI is InChI=1S/C16H24N2O3/c1-2-21-15-6-5-13(10-14(15)17)16(20)18-8-3-4-12(11-18)7-9-19/h5-6,10,12,19H,2-4,7-9,11,17H2,1H3.